The molecule has 0 aliphatic heterocycles. The molecule has 0 radical (unpaired) electrons. The molecule has 0 aromatic heterocycles. The average molecular weight is 367 g/mol. The molecule has 5 nitrogen and oxygen atoms in total. The average Bonchev–Trinajstić information content (AvgIpc) is 2.73. The molecule has 2 aliphatic rings. The van der Waals surface area contributed by atoms with Crippen LogP contribution in [0.4, 0.5) is 8.78 Å². The van der Waals surface area contributed by atoms with Crippen molar-refractivity contribution in [3.05, 3.63) is 40.9 Å². The summed E-state index contributed by atoms with van der Waals surface area (Å²) in [5, 5.41) is 10.4. The lowest BCUT2D eigenvalue weighted by Gasteiger charge is -2.32. The summed E-state index contributed by atoms with van der Waals surface area (Å²) in [6.45, 7) is 3.31. The van der Waals surface area contributed by atoms with Crippen LogP contribution in [0.1, 0.15) is 39.5 Å². The summed E-state index contributed by atoms with van der Waals surface area (Å²) in [4.78, 5) is 16.3. The van der Waals surface area contributed by atoms with Gasteiger partial charge in [-0.2, -0.15) is 4.39 Å². The molecule has 2 aliphatic carbocycles. The third kappa shape index (κ3) is 4.82. The first kappa shape index (κ1) is 19.9. The molecule has 26 heavy (non-hydrogen) atoms. The summed E-state index contributed by atoms with van der Waals surface area (Å²) < 4.78 is 33.1. The molecule has 2 rings (SSSR count). The van der Waals surface area contributed by atoms with Crippen molar-refractivity contribution in [2.45, 2.75) is 51.6 Å². The lowest BCUT2D eigenvalue weighted by molar-refractivity contribution is -0.522. The van der Waals surface area contributed by atoms with Crippen molar-refractivity contribution >= 4 is 11.8 Å². The fraction of sp³-hybridized carbons (Fsp3) is 0.526. The van der Waals surface area contributed by atoms with Crippen LogP contribution in [0, 0.1) is 0 Å². The van der Waals surface area contributed by atoms with Crippen molar-refractivity contribution in [1.29, 1.82) is 0 Å². The minimum atomic E-state index is -0.846. The maximum absolute atomic E-state index is 14.2. The lowest BCUT2D eigenvalue weighted by atomic mass is 9.89. The fourth-order valence-corrected chi connectivity index (χ4v) is 3.21. The van der Waals surface area contributed by atoms with Crippen LogP contribution in [-0.4, -0.2) is 47.5 Å². The largest absolute Gasteiger partial charge is 0.484 e. The Morgan fingerprint density at radius 1 is 1.38 bits per heavy atom. The Hall–Kier alpha value is -2.40. The molecule has 1 amide bonds. The zero-order valence-electron chi connectivity index (χ0n) is 15.3. The van der Waals surface area contributed by atoms with E-state index in [4.69, 9.17) is 4.74 Å². The number of likely N-dealkylation sites (N-methyl/N-ethyl adjacent to an activating group) is 1. The Morgan fingerprint density at radius 3 is 2.73 bits per heavy atom. The van der Waals surface area contributed by atoms with E-state index < -0.39 is 11.7 Å². The van der Waals surface area contributed by atoms with E-state index >= 15 is 0 Å². The Balaban J connectivity index is 2.28. The van der Waals surface area contributed by atoms with Crippen molar-refractivity contribution in [1.82, 2.24) is 4.90 Å². The van der Waals surface area contributed by atoms with Gasteiger partial charge in [0.1, 0.15) is 0 Å². The van der Waals surface area contributed by atoms with E-state index in [1.54, 1.807) is 18.9 Å². The number of amides is 1. The second kappa shape index (κ2) is 8.81. The molecule has 0 bridgehead atoms. The number of ether oxygens (including phenoxy) is 1. The van der Waals surface area contributed by atoms with Crippen molar-refractivity contribution in [3.63, 3.8) is 0 Å². The number of carbonyl (C=O) groups is 1. The minimum absolute atomic E-state index is 0.0444. The molecule has 7 heteroatoms. The summed E-state index contributed by atoms with van der Waals surface area (Å²) in [5.41, 5.74) is 2.14. The first-order chi connectivity index (χ1) is 12.3. The normalized spacial score (nSPS) is 24.0. The monoisotopic (exact) mass is 367 g/mol. The highest BCUT2D eigenvalue weighted by molar-refractivity contribution is 5.91. The first-order valence-electron chi connectivity index (χ1n) is 8.78. The quantitative estimate of drug-likeness (QED) is 0.444. The molecule has 0 unspecified atom stereocenters. The van der Waals surface area contributed by atoms with E-state index in [0.717, 1.165) is 37.8 Å². The van der Waals surface area contributed by atoms with Gasteiger partial charge in [0.05, 0.1) is 18.2 Å². The summed E-state index contributed by atoms with van der Waals surface area (Å²) in [6, 6.07) is -0.300. The standard InChI is InChI=1S/C19H24F2N2O3/c1-4-26-18-11-14(20)9-13(10-15(18)21)19(25)22-16-7-5-6-8-17(16)23(3)12(2)24/h9-10,16-17H,4-8H2,1-3H3,(H,22,25)/p+1/t16-,17+/m0/s1. The van der Waals surface area contributed by atoms with Gasteiger partial charge >= 0.3 is 5.90 Å². The summed E-state index contributed by atoms with van der Waals surface area (Å²) in [7, 11) is 1.72. The minimum Gasteiger partial charge on any atom is -0.484 e. The predicted octanol–water partition coefficient (Wildman–Crippen LogP) is 1.98. The molecule has 2 atom stereocenters. The van der Waals surface area contributed by atoms with E-state index in [9.17, 15) is 18.7 Å². The van der Waals surface area contributed by atoms with Gasteiger partial charge in [-0.1, -0.05) is 6.42 Å². The Kier molecular flexibility index (Phi) is 6.75. The smallest absolute Gasteiger partial charge is 0.366 e. The number of aliphatic hydroxyl groups is 1. The number of halogens is 2. The van der Waals surface area contributed by atoms with Crippen LogP contribution in [0.5, 0.6) is 0 Å². The first-order valence-corrected chi connectivity index (χ1v) is 8.78. The Labute approximate surface area is 152 Å². The number of nitrogens with one attached hydrogen (secondary N) is 1. The number of allylic oxidation sites excluding steroid dienone is 2. The van der Waals surface area contributed by atoms with Crippen LogP contribution in [0.25, 0.3) is 0 Å². The van der Waals surface area contributed by atoms with Gasteiger partial charge in [0.15, 0.2) is 17.7 Å². The van der Waals surface area contributed by atoms with Crippen molar-refractivity contribution in [2.75, 3.05) is 13.7 Å². The van der Waals surface area contributed by atoms with Gasteiger partial charge in [-0.3, -0.25) is 4.79 Å². The lowest BCUT2D eigenvalue weighted by Crippen LogP contribution is -2.84. The zero-order chi connectivity index (χ0) is 19.3. The highest BCUT2D eigenvalue weighted by atomic mass is 19.1. The molecule has 142 valence electrons. The van der Waals surface area contributed by atoms with Crippen LogP contribution in [0.3, 0.4) is 0 Å². The fourth-order valence-electron chi connectivity index (χ4n) is 3.21. The second-order valence-electron chi connectivity index (χ2n) is 6.41. The number of carbonyl (C=O) groups excluding carboxylic acids is 1. The summed E-state index contributed by atoms with van der Waals surface area (Å²) in [6.07, 6.45) is 5.46. The van der Waals surface area contributed by atoms with Gasteiger partial charge in [0.2, 0.25) is 11.7 Å². The van der Waals surface area contributed by atoms with E-state index in [0.29, 0.717) is 0 Å². The molecular weight excluding hydrogens is 342 g/mol. The van der Waals surface area contributed by atoms with E-state index in [1.807, 2.05) is 0 Å². The van der Waals surface area contributed by atoms with Gasteiger partial charge in [-0.15, -0.1) is 0 Å². The van der Waals surface area contributed by atoms with Gasteiger partial charge in [-0.05, 0) is 37.6 Å². The molecule has 1 fully saturated rings. The number of hydrogen-bond acceptors (Lipinski definition) is 2. The SMILES string of the molecule is CCOC1=C=C(F)C=C(C(O)=[NH+][C@H]2CCCC[C@H]2N(C)C(C)=O)C=C1F. The van der Waals surface area contributed by atoms with Crippen LogP contribution >= 0.6 is 0 Å². The third-order valence-corrected chi connectivity index (χ3v) is 4.62. The maximum Gasteiger partial charge on any atom is 0.366 e. The number of nitrogens with zero attached hydrogens (tertiary/aromatic N) is 1. The molecule has 0 aromatic carbocycles. The predicted molar refractivity (Wildman–Crippen MR) is 93.6 cm³/mol. The number of rotatable bonds is 5. The van der Waals surface area contributed by atoms with Crippen LogP contribution in [0.2, 0.25) is 0 Å². The molecule has 0 spiro atoms. The summed E-state index contributed by atoms with van der Waals surface area (Å²) >= 11 is 0. The van der Waals surface area contributed by atoms with E-state index in [-0.39, 0.29) is 41.8 Å². The Morgan fingerprint density at radius 2 is 2.08 bits per heavy atom. The molecule has 0 saturated heterocycles. The second-order valence-corrected chi connectivity index (χ2v) is 6.41. The van der Waals surface area contributed by atoms with Gasteiger partial charge in [0.25, 0.3) is 0 Å². The van der Waals surface area contributed by atoms with E-state index in [2.05, 4.69) is 10.7 Å². The molecule has 2 N–H and O–H groups in total. The Bertz CT molecular complexity index is 718. The molecule has 1 saturated carbocycles. The van der Waals surface area contributed by atoms with Crippen molar-refractivity contribution in [2.24, 2.45) is 0 Å². The van der Waals surface area contributed by atoms with Crippen LogP contribution < -0.4 is 4.99 Å². The van der Waals surface area contributed by atoms with Gasteiger partial charge < -0.3 is 14.7 Å². The summed E-state index contributed by atoms with van der Waals surface area (Å²) in [5.74, 6) is -2.41. The van der Waals surface area contributed by atoms with Crippen molar-refractivity contribution in [3.8, 4) is 0 Å². The van der Waals surface area contributed by atoms with Crippen LogP contribution in [-0.2, 0) is 9.53 Å². The maximum atomic E-state index is 14.2. The molecular formula is C19H25F2N2O3+. The topological polar surface area (TPSA) is 63.7 Å². The third-order valence-electron chi connectivity index (χ3n) is 4.62. The van der Waals surface area contributed by atoms with E-state index in [1.165, 1.54) is 6.92 Å². The number of hydrogen-bond donors (Lipinski definition) is 2. The molecule has 0 heterocycles. The van der Waals surface area contributed by atoms with Crippen molar-refractivity contribution < 1.29 is 28.4 Å². The van der Waals surface area contributed by atoms with Gasteiger partial charge in [0, 0.05) is 20.4 Å². The van der Waals surface area contributed by atoms with Gasteiger partial charge in [-0.25, -0.2) is 9.38 Å². The number of aliphatic hydroxyl groups excluding tert-OH is 1. The molecule has 0 aromatic rings. The van der Waals surface area contributed by atoms with Crippen LogP contribution in [0.15, 0.2) is 40.9 Å². The zero-order valence-corrected chi connectivity index (χ0v) is 15.3. The highest BCUT2D eigenvalue weighted by Gasteiger charge is 2.34. The highest BCUT2D eigenvalue weighted by Crippen LogP contribution is 2.22.